The Hall–Kier alpha value is -2.28. The van der Waals surface area contributed by atoms with E-state index in [0.29, 0.717) is 6.54 Å². The van der Waals surface area contributed by atoms with Crippen LogP contribution in [0.2, 0.25) is 0 Å². The molecule has 0 bridgehead atoms. The maximum absolute atomic E-state index is 13.4. The van der Waals surface area contributed by atoms with Crippen LogP contribution in [0.25, 0.3) is 0 Å². The molecule has 1 aromatic carbocycles. The number of piperazine rings is 1. The van der Waals surface area contributed by atoms with Crippen molar-refractivity contribution < 1.29 is 9.50 Å². The second-order valence-corrected chi connectivity index (χ2v) is 6.54. The number of aromatic hydroxyl groups is 1. The molecular weight excluding hydrogens is 327 g/mol. The van der Waals surface area contributed by atoms with Crippen LogP contribution in [0.3, 0.4) is 0 Å². The van der Waals surface area contributed by atoms with Gasteiger partial charge in [-0.05, 0) is 35.2 Å². The highest BCUT2D eigenvalue weighted by Crippen LogP contribution is 2.22. The molecule has 5 nitrogen and oxygen atoms in total. The van der Waals surface area contributed by atoms with Crippen molar-refractivity contribution in [2.75, 3.05) is 38.1 Å². The summed E-state index contributed by atoms with van der Waals surface area (Å²) >= 11 is 1.76. The molecule has 1 aromatic heterocycles. The van der Waals surface area contributed by atoms with E-state index in [1.807, 2.05) is 0 Å². The molecule has 1 fully saturated rings. The number of rotatable bonds is 3. The maximum atomic E-state index is 13.4. The number of aliphatic imine (C=N–C) groups is 1. The summed E-state index contributed by atoms with van der Waals surface area (Å²) in [7, 11) is 1.76. The van der Waals surface area contributed by atoms with Crippen molar-refractivity contribution in [2.45, 2.75) is 6.54 Å². The molecule has 1 aliphatic rings. The molecular formula is C17H21FN4OS. The molecule has 0 atom stereocenters. The Morgan fingerprint density at radius 1 is 1.29 bits per heavy atom. The zero-order chi connectivity index (χ0) is 16.9. The summed E-state index contributed by atoms with van der Waals surface area (Å²) in [5.41, 5.74) is 0.767. The SMILES string of the molecule is CN=C(NCc1ccc(O)c(F)c1)N1CCN(c2cccs2)CC1. The molecule has 1 aliphatic heterocycles. The topological polar surface area (TPSA) is 51.1 Å². The van der Waals surface area contributed by atoms with Crippen LogP contribution in [0.15, 0.2) is 40.7 Å². The number of nitrogens with one attached hydrogen (secondary N) is 1. The van der Waals surface area contributed by atoms with Crippen molar-refractivity contribution in [3.8, 4) is 5.75 Å². The molecule has 24 heavy (non-hydrogen) atoms. The third kappa shape index (κ3) is 3.79. The molecule has 1 saturated heterocycles. The molecule has 2 N–H and O–H groups in total. The number of nitrogens with zero attached hydrogens (tertiary/aromatic N) is 3. The van der Waals surface area contributed by atoms with Gasteiger partial charge in [0.2, 0.25) is 0 Å². The number of halogens is 1. The van der Waals surface area contributed by atoms with E-state index in [9.17, 15) is 9.50 Å². The van der Waals surface area contributed by atoms with Gasteiger partial charge in [-0.2, -0.15) is 0 Å². The van der Waals surface area contributed by atoms with E-state index in [1.165, 1.54) is 17.1 Å². The zero-order valence-corrected chi connectivity index (χ0v) is 14.4. The number of benzene rings is 1. The number of hydrogen-bond donors (Lipinski definition) is 2. The number of anilines is 1. The highest BCUT2D eigenvalue weighted by Gasteiger charge is 2.20. The molecule has 7 heteroatoms. The predicted molar refractivity (Wildman–Crippen MR) is 96.4 cm³/mol. The number of thiophene rings is 1. The molecule has 0 amide bonds. The van der Waals surface area contributed by atoms with Gasteiger partial charge in [-0.1, -0.05) is 6.07 Å². The van der Waals surface area contributed by atoms with Gasteiger partial charge in [-0.3, -0.25) is 4.99 Å². The van der Waals surface area contributed by atoms with E-state index in [-0.39, 0.29) is 5.75 Å². The molecule has 2 heterocycles. The average molecular weight is 348 g/mol. The third-order valence-corrected chi connectivity index (χ3v) is 5.00. The van der Waals surface area contributed by atoms with Crippen molar-refractivity contribution in [3.05, 3.63) is 47.1 Å². The van der Waals surface area contributed by atoms with Crippen LogP contribution in [-0.2, 0) is 6.54 Å². The number of hydrogen-bond acceptors (Lipinski definition) is 4. The molecule has 3 rings (SSSR count). The predicted octanol–water partition coefficient (Wildman–Crippen LogP) is 2.49. The van der Waals surface area contributed by atoms with Gasteiger partial charge in [0.05, 0.1) is 5.00 Å². The fourth-order valence-corrected chi connectivity index (χ4v) is 3.55. The normalized spacial score (nSPS) is 15.7. The molecule has 2 aromatic rings. The number of guanidine groups is 1. The van der Waals surface area contributed by atoms with Gasteiger partial charge in [0, 0.05) is 39.8 Å². The van der Waals surface area contributed by atoms with Crippen molar-refractivity contribution in [2.24, 2.45) is 4.99 Å². The van der Waals surface area contributed by atoms with Gasteiger partial charge in [0.1, 0.15) is 0 Å². The van der Waals surface area contributed by atoms with Gasteiger partial charge in [-0.15, -0.1) is 11.3 Å². The Morgan fingerprint density at radius 3 is 2.71 bits per heavy atom. The minimum Gasteiger partial charge on any atom is -0.505 e. The van der Waals surface area contributed by atoms with Crippen LogP contribution >= 0.6 is 11.3 Å². The van der Waals surface area contributed by atoms with Crippen LogP contribution in [0, 0.1) is 5.82 Å². The first-order valence-electron chi connectivity index (χ1n) is 7.89. The lowest BCUT2D eigenvalue weighted by molar-refractivity contribution is 0.373. The maximum Gasteiger partial charge on any atom is 0.194 e. The van der Waals surface area contributed by atoms with E-state index in [1.54, 1.807) is 24.5 Å². The van der Waals surface area contributed by atoms with Gasteiger partial charge >= 0.3 is 0 Å². The highest BCUT2D eigenvalue weighted by atomic mass is 32.1. The minimum atomic E-state index is -0.603. The molecule has 0 unspecified atom stereocenters. The van der Waals surface area contributed by atoms with Crippen LogP contribution in [0.4, 0.5) is 9.39 Å². The Balaban J connectivity index is 1.54. The summed E-state index contributed by atoms with van der Waals surface area (Å²) in [6.45, 7) is 4.15. The molecule has 0 aliphatic carbocycles. The summed E-state index contributed by atoms with van der Waals surface area (Å²) in [4.78, 5) is 8.91. The van der Waals surface area contributed by atoms with Crippen molar-refractivity contribution in [1.82, 2.24) is 10.2 Å². The monoisotopic (exact) mass is 348 g/mol. The first-order chi connectivity index (χ1) is 11.7. The average Bonchev–Trinajstić information content (AvgIpc) is 3.14. The van der Waals surface area contributed by atoms with E-state index in [2.05, 4.69) is 37.6 Å². The Kier molecular flexibility index (Phi) is 5.20. The quantitative estimate of drug-likeness (QED) is 0.661. The molecule has 128 valence electrons. The minimum absolute atomic E-state index is 0.326. The first-order valence-corrected chi connectivity index (χ1v) is 8.77. The van der Waals surface area contributed by atoms with Gasteiger partial charge in [0.15, 0.2) is 17.5 Å². The Bertz CT molecular complexity index is 697. The summed E-state index contributed by atoms with van der Waals surface area (Å²) in [6, 6.07) is 8.63. The smallest absolute Gasteiger partial charge is 0.194 e. The van der Waals surface area contributed by atoms with Crippen molar-refractivity contribution >= 4 is 22.3 Å². The van der Waals surface area contributed by atoms with Crippen molar-refractivity contribution in [1.29, 1.82) is 0 Å². The van der Waals surface area contributed by atoms with Gasteiger partial charge in [-0.25, -0.2) is 4.39 Å². The molecule has 0 radical (unpaired) electrons. The standard InChI is InChI=1S/C17H21FN4OS/c1-19-17(20-12-13-4-5-15(23)14(18)11-13)22-8-6-21(7-9-22)16-3-2-10-24-16/h2-5,10-11,23H,6-9,12H2,1H3,(H,19,20). The summed E-state index contributed by atoms with van der Waals surface area (Å²) in [6.07, 6.45) is 0. The van der Waals surface area contributed by atoms with Crippen LogP contribution < -0.4 is 10.2 Å². The lowest BCUT2D eigenvalue weighted by atomic mass is 10.2. The van der Waals surface area contributed by atoms with E-state index in [0.717, 1.165) is 37.7 Å². The Morgan fingerprint density at radius 2 is 2.08 bits per heavy atom. The second-order valence-electron chi connectivity index (χ2n) is 5.61. The van der Waals surface area contributed by atoms with E-state index >= 15 is 0 Å². The van der Waals surface area contributed by atoms with Crippen LogP contribution in [-0.4, -0.2) is 49.2 Å². The summed E-state index contributed by atoms with van der Waals surface area (Å²) in [5, 5.41) is 15.9. The zero-order valence-electron chi connectivity index (χ0n) is 13.6. The van der Waals surface area contributed by atoms with Crippen LogP contribution in [0.5, 0.6) is 5.75 Å². The van der Waals surface area contributed by atoms with E-state index < -0.39 is 5.82 Å². The first kappa shape index (κ1) is 16.6. The van der Waals surface area contributed by atoms with Crippen molar-refractivity contribution in [3.63, 3.8) is 0 Å². The fraction of sp³-hybridized carbons (Fsp3) is 0.353. The molecule has 0 spiro atoms. The number of phenols is 1. The molecule has 0 saturated carbocycles. The number of phenolic OH excluding ortho intramolecular Hbond substituents is 1. The van der Waals surface area contributed by atoms with Gasteiger partial charge in [0.25, 0.3) is 0 Å². The second kappa shape index (κ2) is 7.53. The summed E-state index contributed by atoms with van der Waals surface area (Å²) in [5.74, 6) is -0.115. The Labute approximate surface area is 145 Å². The lowest BCUT2D eigenvalue weighted by Crippen LogP contribution is -2.52. The highest BCUT2D eigenvalue weighted by molar-refractivity contribution is 7.14. The summed E-state index contributed by atoms with van der Waals surface area (Å²) < 4.78 is 13.4. The van der Waals surface area contributed by atoms with Crippen LogP contribution in [0.1, 0.15) is 5.56 Å². The fourth-order valence-electron chi connectivity index (χ4n) is 2.76. The largest absolute Gasteiger partial charge is 0.505 e. The van der Waals surface area contributed by atoms with Gasteiger partial charge < -0.3 is 20.2 Å². The van der Waals surface area contributed by atoms with E-state index in [4.69, 9.17) is 0 Å². The third-order valence-electron chi connectivity index (χ3n) is 4.07. The lowest BCUT2D eigenvalue weighted by Gasteiger charge is -2.37.